The van der Waals surface area contributed by atoms with Gasteiger partial charge in [-0.05, 0) is 31.5 Å². The molecule has 9 nitrogen and oxygen atoms in total. The van der Waals surface area contributed by atoms with Crippen molar-refractivity contribution in [2.45, 2.75) is 13.8 Å². The van der Waals surface area contributed by atoms with Gasteiger partial charge in [0.05, 0.1) is 15.7 Å². The SMILES string of the molecule is Cc1c(Cl)nnc(Oc2c(Cl)cc(NN=C(C#N)COC(N)=O)cc2Cl)c1C. The van der Waals surface area contributed by atoms with Crippen molar-refractivity contribution in [1.29, 1.82) is 5.26 Å². The highest BCUT2D eigenvalue weighted by molar-refractivity contribution is 6.37. The van der Waals surface area contributed by atoms with Crippen LogP contribution in [-0.2, 0) is 4.74 Å². The molecule has 0 aliphatic carbocycles. The fourth-order valence-corrected chi connectivity index (χ4v) is 2.57. The number of hydrogen-bond donors (Lipinski definition) is 2. The normalized spacial score (nSPS) is 10.9. The van der Waals surface area contributed by atoms with E-state index < -0.39 is 6.09 Å². The lowest BCUT2D eigenvalue weighted by atomic mass is 10.2. The van der Waals surface area contributed by atoms with Gasteiger partial charge in [-0.3, -0.25) is 5.43 Å². The van der Waals surface area contributed by atoms with Crippen LogP contribution in [0.2, 0.25) is 15.2 Å². The predicted molar refractivity (Wildman–Crippen MR) is 105 cm³/mol. The molecule has 2 aromatic rings. The Morgan fingerprint density at radius 3 is 2.46 bits per heavy atom. The van der Waals surface area contributed by atoms with Gasteiger partial charge in [0, 0.05) is 5.56 Å². The minimum Gasteiger partial charge on any atom is -0.442 e. The molecule has 146 valence electrons. The summed E-state index contributed by atoms with van der Waals surface area (Å²) in [6.07, 6.45) is -1.02. The number of hydrogen-bond acceptors (Lipinski definition) is 8. The summed E-state index contributed by atoms with van der Waals surface area (Å²) in [6.45, 7) is 3.17. The molecule has 0 radical (unpaired) electrons. The lowest BCUT2D eigenvalue weighted by Crippen LogP contribution is -2.18. The van der Waals surface area contributed by atoms with E-state index in [2.05, 4.69) is 25.5 Å². The third-order valence-electron chi connectivity index (χ3n) is 3.42. The average molecular weight is 444 g/mol. The van der Waals surface area contributed by atoms with E-state index in [0.29, 0.717) is 16.8 Å². The first-order valence-electron chi connectivity index (χ1n) is 7.54. The molecule has 1 aromatic carbocycles. The fraction of sp³-hybridized carbons (Fsp3) is 0.188. The molecule has 28 heavy (non-hydrogen) atoms. The first-order chi connectivity index (χ1) is 13.2. The Labute approximate surface area is 175 Å². The lowest BCUT2D eigenvalue weighted by molar-refractivity contribution is 0.173. The molecular formula is C16H13Cl3N6O3. The lowest BCUT2D eigenvalue weighted by Gasteiger charge is -2.13. The highest BCUT2D eigenvalue weighted by atomic mass is 35.5. The van der Waals surface area contributed by atoms with E-state index >= 15 is 0 Å². The molecule has 0 aliphatic heterocycles. The maximum Gasteiger partial charge on any atom is 0.404 e. The minimum absolute atomic E-state index is 0.117. The molecule has 0 saturated carbocycles. The number of nitrogens with one attached hydrogen (secondary N) is 1. The molecule has 12 heteroatoms. The van der Waals surface area contributed by atoms with Gasteiger partial charge in [-0.25, -0.2) is 4.79 Å². The van der Waals surface area contributed by atoms with Crippen LogP contribution in [0.4, 0.5) is 10.5 Å². The van der Waals surface area contributed by atoms with Gasteiger partial charge in [-0.1, -0.05) is 34.8 Å². The van der Waals surface area contributed by atoms with Crippen LogP contribution >= 0.6 is 34.8 Å². The van der Waals surface area contributed by atoms with Crippen LogP contribution in [-0.4, -0.2) is 28.6 Å². The Morgan fingerprint density at radius 1 is 1.25 bits per heavy atom. The van der Waals surface area contributed by atoms with Crippen LogP contribution < -0.4 is 15.9 Å². The summed E-state index contributed by atoms with van der Waals surface area (Å²) in [6, 6.07) is 4.70. The minimum atomic E-state index is -1.02. The molecule has 1 amide bonds. The Bertz CT molecular complexity index is 967. The Morgan fingerprint density at radius 2 is 1.89 bits per heavy atom. The molecule has 0 saturated heterocycles. The predicted octanol–water partition coefficient (Wildman–Crippen LogP) is 4.23. The average Bonchev–Trinajstić information content (AvgIpc) is 2.64. The maximum absolute atomic E-state index is 10.6. The summed E-state index contributed by atoms with van der Waals surface area (Å²) in [5, 5.41) is 21.0. The van der Waals surface area contributed by atoms with Crippen molar-refractivity contribution in [3.63, 3.8) is 0 Å². The van der Waals surface area contributed by atoms with Crippen molar-refractivity contribution < 1.29 is 14.3 Å². The summed E-state index contributed by atoms with van der Waals surface area (Å²) < 4.78 is 10.2. The molecular weight excluding hydrogens is 431 g/mol. The van der Waals surface area contributed by atoms with Gasteiger partial charge in [0.15, 0.2) is 16.6 Å². The van der Waals surface area contributed by atoms with Gasteiger partial charge < -0.3 is 15.2 Å². The number of anilines is 1. The first kappa shape index (κ1) is 21.5. The molecule has 2 rings (SSSR count). The molecule has 0 bridgehead atoms. The zero-order chi connectivity index (χ0) is 20.8. The number of nitrogens with two attached hydrogens (primary N) is 1. The van der Waals surface area contributed by atoms with Crippen molar-refractivity contribution in [3.05, 3.63) is 38.5 Å². The van der Waals surface area contributed by atoms with E-state index in [0.717, 1.165) is 0 Å². The van der Waals surface area contributed by atoms with Crippen LogP contribution in [0.3, 0.4) is 0 Å². The summed E-state index contributed by atoms with van der Waals surface area (Å²) >= 11 is 18.4. The molecule has 3 N–H and O–H groups in total. The van der Waals surface area contributed by atoms with Crippen LogP contribution in [0.15, 0.2) is 17.2 Å². The number of primary amides is 1. The summed E-state index contributed by atoms with van der Waals surface area (Å²) in [5.74, 6) is 0.370. The van der Waals surface area contributed by atoms with Gasteiger partial charge >= 0.3 is 6.09 Å². The second kappa shape index (κ2) is 9.41. The van der Waals surface area contributed by atoms with E-state index in [9.17, 15) is 4.79 Å². The largest absolute Gasteiger partial charge is 0.442 e. The van der Waals surface area contributed by atoms with Crippen LogP contribution in [0.25, 0.3) is 0 Å². The monoisotopic (exact) mass is 442 g/mol. The number of nitrogens with zero attached hydrogens (tertiary/aromatic N) is 4. The number of ether oxygens (including phenoxy) is 2. The van der Waals surface area contributed by atoms with E-state index in [1.165, 1.54) is 12.1 Å². The zero-order valence-corrected chi connectivity index (χ0v) is 16.9. The number of carbonyl (C=O) groups excluding carboxylic acids is 1. The zero-order valence-electron chi connectivity index (χ0n) is 14.6. The van der Waals surface area contributed by atoms with Crippen LogP contribution in [0.1, 0.15) is 11.1 Å². The van der Waals surface area contributed by atoms with Crippen LogP contribution in [0.5, 0.6) is 11.6 Å². The third kappa shape index (κ3) is 5.36. The van der Waals surface area contributed by atoms with Crippen molar-refractivity contribution in [2.24, 2.45) is 10.8 Å². The molecule has 0 aliphatic rings. The summed E-state index contributed by atoms with van der Waals surface area (Å²) in [5.41, 5.74) is 9.07. The molecule has 0 atom stereocenters. The third-order valence-corrected chi connectivity index (χ3v) is 4.34. The molecule has 1 heterocycles. The Kier molecular flexibility index (Phi) is 7.23. The molecule has 1 aromatic heterocycles. The summed E-state index contributed by atoms with van der Waals surface area (Å²) in [7, 11) is 0. The highest BCUT2D eigenvalue weighted by Gasteiger charge is 2.16. The van der Waals surface area contributed by atoms with Gasteiger partial charge in [0.1, 0.15) is 12.7 Å². The van der Waals surface area contributed by atoms with E-state index in [1.54, 1.807) is 19.9 Å². The van der Waals surface area contributed by atoms with Crippen molar-refractivity contribution in [2.75, 3.05) is 12.0 Å². The number of benzene rings is 1. The number of aromatic nitrogens is 2. The van der Waals surface area contributed by atoms with E-state index in [1.807, 2.05) is 0 Å². The number of nitriles is 1. The van der Waals surface area contributed by atoms with Gasteiger partial charge in [0.25, 0.3) is 0 Å². The van der Waals surface area contributed by atoms with Crippen molar-refractivity contribution in [1.82, 2.24) is 10.2 Å². The topological polar surface area (TPSA) is 136 Å². The van der Waals surface area contributed by atoms with E-state index in [-0.39, 0.29) is 39.1 Å². The number of halogens is 3. The van der Waals surface area contributed by atoms with Crippen LogP contribution in [0, 0.1) is 25.2 Å². The van der Waals surface area contributed by atoms with Gasteiger partial charge in [-0.15, -0.1) is 10.2 Å². The molecule has 0 spiro atoms. The number of carbonyl (C=O) groups is 1. The first-order valence-corrected chi connectivity index (χ1v) is 8.67. The second-order valence-corrected chi connectivity index (χ2v) is 6.48. The van der Waals surface area contributed by atoms with Gasteiger partial charge in [-0.2, -0.15) is 10.4 Å². The molecule has 0 unspecified atom stereocenters. The van der Waals surface area contributed by atoms with Crippen molar-refractivity contribution >= 4 is 52.3 Å². The maximum atomic E-state index is 10.6. The van der Waals surface area contributed by atoms with Crippen molar-refractivity contribution in [3.8, 4) is 17.7 Å². The second-order valence-electron chi connectivity index (χ2n) is 5.31. The number of rotatable bonds is 6. The Hall–Kier alpha value is -2.80. The summed E-state index contributed by atoms with van der Waals surface area (Å²) in [4.78, 5) is 10.6. The van der Waals surface area contributed by atoms with E-state index in [4.69, 9.17) is 50.5 Å². The number of amides is 1. The standard InChI is InChI=1S/C16H13Cl3N6O3/c1-7-8(2)15(25-24-14(7)19)28-13-11(17)3-9(4-12(13)18)22-23-10(5-20)6-27-16(21)26/h3-4,22H,6H2,1-2H3,(H2,21,26). The number of hydrazone groups is 1. The Balaban J connectivity index is 2.22. The van der Waals surface area contributed by atoms with Gasteiger partial charge in [0.2, 0.25) is 5.88 Å². The quantitative estimate of drug-likeness (QED) is 0.503. The smallest absolute Gasteiger partial charge is 0.404 e. The highest BCUT2D eigenvalue weighted by Crippen LogP contribution is 2.39. The fourth-order valence-electron chi connectivity index (χ4n) is 1.83. The molecule has 0 fully saturated rings.